The number of hydrogen-bond acceptors (Lipinski definition) is 5. The summed E-state index contributed by atoms with van der Waals surface area (Å²) in [5.74, 6) is 2.45. The van der Waals surface area contributed by atoms with E-state index in [2.05, 4.69) is 15.0 Å². The lowest BCUT2D eigenvalue weighted by Gasteiger charge is -2.11. The Balaban J connectivity index is 0.00000208. The highest BCUT2D eigenvalue weighted by Gasteiger charge is 2.11. The van der Waals surface area contributed by atoms with E-state index in [4.69, 9.17) is 9.47 Å². The summed E-state index contributed by atoms with van der Waals surface area (Å²) in [5, 5.41) is 0.869. The first-order chi connectivity index (χ1) is 11.1. The number of hydrogen-bond donors (Lipinski definition) is 1. The second-order valence-electron chi connectivity index (χ2n) is 5.26. The van der Waals surface area contributed by atoms with E-state index >= 15 is 0 Å². The second-order valence-corrected chi connectivity index (χ2v) is 6.22. The van der Waals surface area contributed by atoms with E-state index in [1.165, 1.54) is 0 Å². The number of methoxy groups -OCH3 is 2. The number of nitrogens with zero attached hydrogens (tertiary/aromatic N) is 2. The summed E-state index contributed by atoms with van der Waals surface area (Å²) in [6, 6.07) is 5.82. The lowest BCUT2D eigenvalue weighted by Crippen LogP contribution is -1.98. The summed E-state index contributed by atoms with van der Waals surface area (Å²) in [4.78, 5) is 12.4. The normalized spacial score (nSPS) is 10.5. The molecule has 0 fully saturated rings. The van der Waals surface area contributed by atoms with Gasteiger partial charge in [0, 0.05) is 29.1 Å². The third-order valence-electron chi connectivity index (χ3n) is 3.76. The van der Waals surface area contributed by atoms with Crippen molar-refractivity contribution in [3.05, 3.63) is 41.2 Å². The van der Waals surface area contributed by atoms with Crippen molar-refractivity contribution < 1.29 is 14.9 Å². The quantitative estimate of drug-likeness (QED) is 0.716. The van der Waals surface area contributed by atoms with Gasteiger partial charge in [0.1, 0.15) is 11.5 Å². The van der Waals surface area contributed by atoms with Gasteiger partial charge in [-0.2, -0.15) is 0 Å². The number of aromatic nitrogens is 3. The Bertz CT molecular complexity index is 848. The van der Waals surface area contributed by atoms with E-state index in [9.17, 15) is 0 Å². The van der Waals surface area contributed by atoms with E-state index in [0.29, 0.717) is 0 Å². The molecule has 128 valence electrons. The van der Waals surface area contributed by atoms with Crippen LogP contribution in [0.3, 0.4) is 0 Å². The van der Waals surface area contributed by atoms with E-state index in [0.717, 1.165) is 50.3 Å². The molecule has 3 aromatic rings. The first kappa shape index (κ1) is 18.1. The van der Waals surface area contributed by atoms with Gasteiger partial charge in [-0.15, -0.1) is 0 Å². The molecule has 7 heteroatoms. The van der Waals surface area contributed by atoms with Crippen molar-refractivity contribution in [2.75, 3.05) is 14.2 Å². The molecule has 0 saturated carbocycles. The van der Waals surface area contributed by atoms with Crippen LogP contribution in [0, 0.1) is 13.8 Å². The van der Waals surface area contributed by atoms with Crippen LogP contribution in [0.25, 0.3) is 11.0 Å². The summed E-state index contributed by atoms with van der Waals surface area (Å²) in [6.45, 7) is 4.04. The molecule has 6 nitrogen and oxygen atoms in total. The topological polar surface area (TPSA) is 91.5 Å². The zero-order valence-corrected chi connectivity index (χ0v) is 15.0. The number of benzene rings is 1. The number of aromatic amines is 1. The van der Waals surface area contributed by atoms with Gasteiger partial charge in [-0.05, 0) is 26.0 Å². The Hall–Kier alpha value is -2.25. The maximum atomic E-state index is 5.46. The molecule has 0 atom stereocenters. The standard InChI is InChI=1S/C17H19N3O2S.H2O/c1-10-8-18-15(11(2)16(10)22-4)9-23-17-19-13-6-5-12(21-3)7-14(13)20-17;/h5-8H,9H2,1-4H3,(H,19,20);1H2. The minimum Gasteiger partial charge on any atom is -0.497 e. The lowest BCUT2D eigenvalue weighted by atomic mass is 10.1. The van der Waals surface area contributed by atoms with Gasteiger partial charge in [0.05, 0.1) is 30.9 Å². The Morgan fingerprint density at radius 1 is 1.17 bits per heavy atom. The van der Waals surface area contributed by atoms with Gasteiger partial charge in [0.15, 0.2) is 5.16 Å². The van der Waals surface area contributed by atoms with Crippen LogP contribution in [0.4, 0.5) is 0 Å². The zero-order valence-electron chi connectivity index (χ0n) is 14.1. The number of aryl methyl sites for hydroxylation is 1. The smallest absolute Gasteiger partial charge is 0.166 e. The van der Waals surface area contributed by atoms with E-state index in [-0.39, 0.29) is 5.48 Å². The number of nitrogens with one attached hydrogen (secondary N) is 1. The van der Waals surface area contributed by atoms with Crippen molar-refractivity contribution in [1.82, 2.24) is 15.0 Å². The monoisotopic (exact) mass is 347 g/mol. The SMILES string of the molecule is COc1ccc2[nH]c(SCc3ncc(C)c(OC)c3C)nc2c1.O. The molecule has 0 unspecified atom stereocenters. The van der Waals surface area contributed by atoms with Gasteiger partial charge in [-0.3, -0.25) is 4.98 Å². The van der Waals surface area contributed by atoms with E-state index < -0.39 is 0 Å². The highest BCUT2D eigenvalue weighted by atomic mass is 32.2. The minimum atomic E-state index is 0. The number of ether oxygens (including phenoxy) is 2. The van der Waals surface area contributed by atoms with Crippen molar-refractivity contribution in [3.63, 3.8) is 0 Å². The zero-order chi connectivity index (χ0) is 16.4. The van der Waals surface area contributed by atoms with Gasteiger partial charge in [-0.25, -0.2) is 4.98 Å². The highest BCUT2D eigenvalue weighted by molar-refractivity contribution is 7.98. The minimum absolute atomic E-state index is 0. The molecule has 2 aromatic heterocycles. The van der Waals surface area contributed by atoms with Crippen LogP contribution in [0.2, 0.25) is 0 Å². The maximum Gasteiger partial charge on any atom is 0.166 e. The molecule has 0 bridgehead atoms. The molecule has 0 aliphatic rings. The molecule has 24 heavy (non-hydrogen) atoms. The first-order valence-electron chi connectivity index (χ1n) is 7.28. The Morgan fingerprint density at radius 3 is 2.67 bits per heavy atom. The van der Waals surface area contributed by atoms with Crippen molar-refractivity contribution in [1.29, 1.82) is 0 Å². The summed E-state index contributed by atoms with van der Waals surface area (Å²) in [5.41, 5.74) is 5.04. The molecule has 3 rings (SSSR count). The average molecular weight is 347 g/mol. The van der Waals surface area contributed by atoms with Gasteiger partial charge in [-0.1, -0.05) is 11.8 Å². The van der Waals surface area contributed by atoms with Gasteiger partial charge < -0.3 is 19.9 Å². The highest BCUT2D eigenvalue weighted by Crippen LogP contribution is 2.29. The van der Waals surface area contributed by atoms with E-state index in [1.54, 1.807) is 26.0 Å². The summed E-state index contributed by atoms with van der Waals surface area (Å²) >= 11 is 1.63. The van der Waals surface area contributed by atoms with Crippen LogP contribution in [-0.2, 0) is 5.75 Å². The predicted molar refractivity (Wildman–Crippen MR) is 96.1 cm³/mol. The molecule has 1 aromatic carbocycles. The summed E-state index contributed by atoms with van der Waals surface area (Å²) < 4.78 is 10.7. The van der Waals surface area contributed by atoms with E-state index in [1.807, 2.05) is 38.2 Å². The molecule has 2 heterocycles. The number of thioether (sulfide) groups is 1. The van der Waals surface area contributed by atoms with Gasteiger partial charge >= 0.3 is 0 Å². The Kier molecular flexibility index (Phi) is 5.69. The maximum absolute atomic E-state index is 5.46. The molecule has 0 amide bonds. The first-order valence-corrected chi connectivity index (χ1v) is 8.26. The molecule has 0 aliphatic heterocycles. The number of rotatable bonds is 5. The summed E-state index contributed by atoms with van der Waals surface area (Å²) in [7, 11) is 3.35. The molecular weight excluding hydrogens is 326 g/mol. The van der Waals surface area contributed by atoms with Crippen molar-refractivity contribution in [2.45, 2.75) is 24.8 Å². The van der Waals surface area contributed by atoms with Crippen LogP contribution in [0.5, 0.6) is 11.5 Å². The van der Waals surface area contributed by atoms with Crippen LogP contribution >= 0.6 is 11.8 Å². The summed E-state index contributed by atoms with van der Waals surface area (Å²) in [6.07, 6.45) is 1.85. The van der Waals surface area contributed by atoms with Crippen LogP contribution in [0.15, 0.2) is 29.6 Å². The number of fused-ring (bicyclic) bond motifs is 1. The van der Waals surface area contributed by atoms with Crippen LogP contribution in [-0.4, -0.2) is 34.6 Å². The van der Waals surface area contributed by atoms with Crippen LogP contribution < -0.4 is 9.47 Å². The molecule has 0 aliphatic carbocycles. The molecule has 3 N–H and O–H groups in total. The third-order valence-corrected chi connectivity index (χ3v) is 4.65. The fourth-order valence-corrected chi connectivity index (χ4v) is 3.42. The Morgan fingerprint density at radius 2 is 1.96 bits per heavy atom. The average Bonchev–Trinajstić information content (AvgIpc) is 2.96. The number of pyridine rings is 1. The van der Waals surface area contributed by atoms with Gasteiger partial charge in [0.2, 0.25) is 0 Å². The number of H-pyrrole nitrogens is 1. The van der Waals surface area contributed by atoms with Crippen molar-refractivity contribution in [2.24, 2.45) is 0 Å². The Labute approximate surface area is 144 Å². The van der Waals surface area contributed by atoms with Crippen molar-refractivity contribution in [3.8, 4) is 11.5 Å². The molecule has 0 saturated heterocycles. The fourth-order valence-electron chi connectivity index (χ4n) is 2.51. The fraction of sp³-hybridized carbons (Fsp3) is 0.294. The molecule has 0 radical (unpaired) electrons. The molecular formula is C17H21N3O3S. The molecule has 0 spiro atoms. The lowest BCUT2D eigenvalue weighted by molar-refractivity contribution is 0.407. The second kappa shape index (κ2) is 7.55. The predicted octanol–water partition coefficient (Wildman–Crippen LogP) is 3.06. The largest absolute Gasteiger partial charge is 0.497 e. The third kappa shape index (κ3) is 3.47. The van der Waals surface area contributed by atoms with Gasteiger partial charge in [0.25, 0.3) is 0 Å². The van der Waals surface area contributed by atoms with Crippen molar-refractivity contribution >= 4 is 22.8 Å². The number of imidazole rings is 1. The van der Waals surface area contributed by atoms with Crippen LogP contribution in [0.1, 0.15) is 16.8 Å².